The largest absolute Gasteiger partial charge is 0.416 e. The number of benzene rings is 2. The minimum absolute atomic E-state index is 0.190. The maximum Gasteiger partial charge on any atom is 0.416 e. The summed E-state index contributed by atoms with van der Waals surface area (Å²) < 4.78 is 37.5. The number of hydrogen-bond donors (Lipinski definition) is 1. The molecule has 6 heteroatoms. The molecule has 23 heavy (non-hydrogen) atoms. The number of nitrogens with zero attached hydrogens (tertiary/aromatic N) is 1. The average molecular weight is 320 g/mol. The van der Waals surface area contributed by atoms with Gasteiger partial charge in [-0.05, 0) is 35.7 Å². The fourth-order valence-electron chi connectivity index (χ4n) is 2.63. The van der Waals surface area contributed by atoms with Gasteiger partial charge in [-0.15, -0.1) is 0 Å². The zero-order valence-electron chi connectivity index (χ0n) is 12.2. The summed E-state index contributed by atoms with van der Waals surface area (Å²) in [6, 6.07) is 12.2. The first-order valence-corrected chi connectivity index (χ1v) is 7.24. The molecule has 0 saturated heterocycles. The molecule has 3 nitrogen and oxygen atoms in total. The first-order valence-electron chi connectivity index (χ1n) is 7.24. The monoisotopic (exact) mass is 320 g/mol. The highest BCUT2D eigenvalue weighted by Gasteiger charge is 2.30. The van der Waals surface area contributed by atoms with Crippen LogP contribution in [-0.2, 0) is 19.1 Å². The molecule has 0 spiro atoms. The predicted molar refractivity (Wildman–Crippen MR) is 81.2 cm³/mol. The van der Waals surface area contributed by atoms with Gasteiger partial charge in [-0.2, -0.15) is 13.2 Å². The minimum atomic E-state index is -4.35. The smallest absolute Gasteiger partial charge is 0.334 e. The molecule has 2 aromatic carbocycles. The van der Waals surface area contributed by atoms with Gasteiger partial charge in [-0.25, -0.2) is 4.79 Å². The number of urea groups is 1. The standard InChI is InChI=1S/C17H15F3N2O/c18-17(19,20)14-7-5-12(6-8-14)11-21-16(23)22-10-9-13-3-1-2-4-15(13)22/h1-8H,9-11H2,(H,21,23). The molecular formula is C17H15F3N2O. The van der Waals surface area contributed by atoms with Crippen molar-refractivity contribution in [1.82, 2.24) is 5.32 Å². The van der Waals surface area contributed by atoms with Crippen molar-refractivity contribution < 1.29 is 18.0 Å². The van der Waals surface area contributed by atoms with E-state index in [1.165, 1.54) is 12.1 Å². The van der Waals surface area contributed by atoms with Crippen LogP contribution >= 0.6 is 0 Å². The lowest BCUT2D eigenvalue weighted by molar-refractivity contribution is -0.137. The lowest BCUT2D eigenvalue weighted by Crippen LogP contribution is -2.38. The van der Waals surface area contributed by atoms with Crippen molar-refractivity contribution in [3.05, 3.63) is 65.2 Å². The van der Waals surface area contributed by atoms with E-state index in [0.717, 1.165) is 29.8 Å². The van der Waals surface area contributed by atoms with Crippen molar-refractivity contribution in [1.29, 1.82) is 0 Å². The summed E-state index contributed by atoms with van der Waals surface area (Å²) in [6.45, 7) is 0.799. The Morgan fingerprint density at radius 3 is 2.48 bits per heavy atom. The maximum atomic E-state index is 12.5. The van der Waals surface area contributed by atoms with E-state index in [0.29, 0.717) is 12.1 Å². The predicted octanol–water partition coefficient (Wildman–Crippen LogP) is 3.98. The topological polar surface area (TPSA) is 32.3 Å². The Bertz CT molecular complexity index is 711. The SMILES string of the molecule is O=C(NCc1ccc(C(F)(F)F)cc1)N1CCc2ccccc21. The van der Waals surface area contributed by atoms with E-state index in [1.807, 2.05) is 24.3 Å². The quantitative estimate of drug-likeness (QED) is 0.892. The Hall–Kier alpha value is -2.50. The number of para-hydroxylation sites is 1. The molecule has 0 atom stereocenters. The van der Waals surface area contributed by atoms with Gasteiger partial charge in [0, 0.05) is 18.8 Å². The van der Waals surface area contributed by atoms with Gasteiger partial charge in [-0.1, -0.05) is 30.3 Å². The van der Waals surface area contributed by atoms with Crippen molar-refractivity contribution in [3.63, 3.8) is 0 Å². The second-order valence-electron chi connectivity index (χ2n) is 5.38. The second kappa shape index (κ2) is 5.95. The summed E-state index contributed by atoms with van der Waals surface area (Å²) in [5.41, 5.74) is 1.94. The summed E-state index contributed by atoms with van der Waals surface area (Å²) in [5.74, 6) is 0. The molecule has 0 bridgehead atoms. The first-order chi connectivity index (χ1) is 10.9. The number of rotatable bonds is 2. The molecule has 0 fully saturated rings. The third-order valence-electron chi connectivity index (χ3n) is 3.86. The molecule has 1 heterocycles. The fourth-order valence-corrected chi connectivity index (χ4v) is 2.63. The molecule has 0 aliphatic carbocycles. The summed E-state index contributed by atoms with van der Waals surface area (Å²) >= 11 is 0. The van der Waals surface area contributed by atoms with E-state index >= 15 is 0 Å². The van der Waals surface area contributed by atoms with Crippen LogP contribution in [-0.4, -0.2) is 12.6 Å². The maximum absolute atomic E-state index is 12.5. The number of fused-ring (bicyclic) bond motifs is 1. The Kier molecular flexibility index (Phi) is 3.98. The second-order valence-corrected chi connectivity index (χ2v) is 5.38. The molecule has 0 unspecified atom stereocenters. The van der Waals surface area contributed by atoms with E-state index < -0.39 is 11.7 Å². The van der Waals surface area contributed by atoms with Crippen LogP contribution in [0.2, 0.25) is 0 Å². The number of anilines is 1. The number of hydrogen-bond acceptors (Lipinski definition) is 1. The van der Waals surface area contributed by atoms with Gasteiger partial charge in [-0.3, -0.25) is 4.90 Å². The van der Waals surface area contributed by atoms with Gasteiger partial charge < -0.3 is 5.32 Å². The van der Waals surface area contributed by atoms with E-state index in [-0.39, 0.29) is 12.6 Å². The number of amides is 2. The lowest BCUT2D eigenvalue weighted by Gasteiger charge is -2.18. The normalized spacial score (nSPS) is 13.8. The number of alkyl halides is 3. The van der Waals surface area contributed by atoms with Gasteiger partial charge in [0.1, 0.15) is 0 Å². The molecule has 1 aliphatic rings. The zero-order chi connectivity index (χ0) is 16.4. The van der Waals surface area contributed by atoms with Gasteiger partial charge in [0.25, 0.3) is 0 Å². The molecule has 0 radical (unpaired) electrons. The molecule has 120 valence electrons. The molecule has 0 saturated carbocycles. The van der Waals surface area contributed by atoms with E-state index in [9.17, 15) is 18.0 Å². The Balaban J connectivity index is 1.62. The molecule has 0 aromatic heterocycles. The van der Waals surface area contributed by atoms with Crippen molar-refractivity contribution in [2.24, 2.45) is 0 Å². The number of halogens is 3. The van der Waals surface area contributed by atoms with Gasteiger partial charge in [0.15, 0.2) is 0 Å². The molecule has 3 rings (SSSR count). The van der Waals surface area contributed by atoms with Crippen LogP contribution in [0, 0.1) is 0 Å². The van der Waals surface area contributed by atoms with Gasteiger partial charge in [0.05, 0.1) is 5.56 Å². The summed E-state index contributed by atoms with van der Waals surface area (Å²) in [6.07, 6.45) is -3.54. The summed E-state index contributed by atoms with van der Waals surface area (Å²) in [4.78, 5) is 13.9. The highest BCUT2D eigenvalue weighted by molar-refractivity contribution is 5.94. The number of carbonyl (C=O) groups is 1. The van der Waals surface area contributed by atoms with Crippen molar-refractivity contribution in [3.8, 4) is 0 Å². The Morgan fingerprint density at radius 1 is 1.09 bits per heavy atom. The van der Waals surface area contributed by atoms with Gasteiger partial charge >= 0.3 is 12.2 Å². The molecule has 1 aliphatic heterocycles. The van der Waals surface area contributed by atoms with E-state index in [1.54, 1.807) is 4.90 Å². The third-order valence-corrected chi connectivity index (χ3v) is 3.86. The first kappa shape index (κ1) is 15.4. The molecular weight excluding hydrogens is 305 g/mol. The summed E-state index contributed by atoms with van der Waals surface area (Å²) in [5, 5.41) is 2.75. The van der Waals surface area contributed by atoms with E-state index in [2.05, 4.69) is 5.32 Å². The van der Waals surface area contributed by atoms with Crippen LogP contribution in [0.4, 0.5) is 23.7 Å². The van der Waals surface area contributed by atoms with Crippen molar-refractivity contribution in [2.75, 3.05) is 11.4 Å². The lowest BCUT2D eigenvalue weighted by atomic mass is 10.1. The minimum Gasteiger partial charge on any atom is -0.334 e. The summed E-state index contributed by atoms with van der Waals surface area (Å²) in [7, 11) is 0. The van der Waals surface area contributed by atoms with Crippen LogP contribution in [0.3, 0.4) is 0 Å². The van der Waals surface area contributed by atoms with Crippen LogP contribution < -0.4 is 10.2 Å². The van der Waals surface area contributed by atoms with Crippen LogP contribution in [0.5, 0.6) is 0 Å². The third kappa shape index (κ3) is 3.31. The number of nitrogens with one attached hydrogen (secondary N) is 1. The molecule has 2 aromatic rings. The average Bonchev–Trinajstić information content (AvgIpc) is 2.96. The van der Waals surface area contributed by atoms with Crippen molar-refractivity contribution in [2.45, 2.75) is 19.1 Å². The highest BCUT2D eigenvalue weighted by Crippen LogP contribution is 2.29. The van der Waals surface area contributed by atoms with Crippen LogP contribution in [0.15, 0.2) is 48.5 Å². The molecule has 1 N–H and O–H groups in total. The van der Waals surface area contributed by atoms with Gasteiger partial charge in [0.2, 0.25) is 0 Å². The Morgan fingerprint density at radius 2 is 1.78 bits per heavy atom. The van der Waals surface area contributed by atoms with E-state index in [4.69, 9.17) is 0 Å². The highest BCUT2D eigenvalue weighted by atomic mass is 19.4. The van der Waals surface area contributed by atoms with Crippen LogP contribution in [0.1, 0.15) is 16.7 Å². The number of carbonyl (C=O) groups excluding carboxylic acids is 1. The zero-order valence-corrected chi connectivity index (χ0v) is 12.2. The fraction of sp³-hybridized carbons (Fsp3) is 0.235. The molecule has 2 amide bonds. The Labute approximate surface area is 131 Å². The van der Waals surface area contributed by atoms with Crippen molar-refractivity contribution >= 4 is 11.7 Å². The van der Waals surface area contributed by atoms with Crippen LogP contribution in [0.25, 0.3) is 0 Å².